The first-order chi connectivity index (χ1) is 8.13. The minimum absolute atomic E-state index is 0.113. The highest BCUT2D eigenvalue weighted by Gasteiger charge is 2.18. The van der Waals surface area contributed by atoms with Gasteiger partial charge < -0.3 is 4.74 Å². The number of thiophene rings is 1. The van der Waals surface area contributed by atoms with Crippen LogP contribution in [0.4, 0.5) is 0 Å². The Bertz CT molecular complexity index is 524. The maximum Gasteiger partial charge on any atom is 0.123 e. The van der Waals surface area contributed by atoms with Gasteiger partial charge in [0.05, 0.1) is 11.9 Å². The first-order valence-corrected chi connectivity index (χ1v) is 7.37. The molecule has 1 atom stereocenters. The van der Waals surface area contributed by atoms with Crippen LogP contribution in [-0.2, 0) is 0 Å². The van der Waals surface area contributed by atoms with Crippen molar-refractivity contribution in [2.45, 2.75) is 11.8 Å². The maximum absolute atomic E-state index is 6.05. The third-order valence-electron chi connectivity index (χ3n) is 2.63. The summed E-state index contributed by atoms with van der Waals surface area (Å²) in [6, 6.07) is 5.68. The van der Waals surface area contributed by atoms with Crippen LogP contribution in [0, 0.1) is 6.92 Å². The molecule has 0 saturated carbocycles. The Morgan fingerprint density at radius 3 is 2.65 bits per heavy atom. The topological polar surface area (TPSA) is 9.23 Å². The summed E-state index contributed by atoms with van der Waals surface area (Å²) in [5, 5.41) is 5.01. The van der Waals surface area contributed by atoms with Gasteiger partial charge in [0.2, 0.25) is 0 Å². The van der Waals surface area contributed by atoms with Gasteiger partial charge >= 0.3 is 0 Å². The van der Waals surface area contributed by atoms with Gasteiger partial charge in [0.1, 0.15) is 5.75 Å². The number of methoxy groups -OCH3 is 1. The number of halogens is 2. The summed E-state index contributed by atoms with van der Waals surface area (Å²) in [6.07, 6.45) is 0. The number of hydrogen-bond donors (Lipinski definition) is 0. The van der Waals surface area contributed by atoms with Crippen LogP contribution in [0.25, 0.3) is 0 Å². The van der Waals surface area contributed by atoms with Crippen LogP contribution in [0.1, 0.15) is 21.5 Å². The Hall–Kier alpha value is -0.510. The quantitative estimate of drug-likeness (QED) is 0.702. The molecule has 1 heterocycles. The van der Waals surface area contributed by atoms with Gasteiger partial charge in [-0.15, -0.1) is 0 Å². The predicted molar refractivity (Wildman–Crippen MR) is 77.8 cm³/mol. The molecule has 1 nitrogen and oxygen atoms in total. The summed E-state index contributed by atoms with van der Waals surface area (Å²) in [4.78, 5) is 0.113. The first-order valence-electron chi connectivity index (χ1n) is 5.13. The van der Waals surface area contributed by atoms with E-state index < -0.39 is 0 Å². The molecule has 0 aliphatic carbocycles. The van der Waals surface area contributed by atoms with E-state index in [2.05, 4.69) is 33.6 Å². The normalized spacial score (nSPS) is 12.5. The molecular formula is C13H12BrClOS. The lowest BCUT2D eigenvalue weighted by Crippen LogP contribution is -1.97. The highest BCUT2D eigenvalue weighted by atomic mass is 79.9. The zero-order valence-corrected chi connectivity index (χ0v) is 12.7. The Labute approximate surface area is 119 Å². The maximum atomic E-state index is 6.05. The number of aryl methyl sites for hydroxylation is 1. The average Bonchev–Trinajstić information content (AvgIpc) is 2.74. The molecule has 0 fully saturated rings. The molecule has 0 N–H and O–H groups in total. The van der Waals surface area contributed by atoms with Gasteiger partial charge in [-0.2, -0.15) is 11.3 Å². The molecule has 0 saturated heterocycles. The summed E-state index contributed by atoms with van der Waals surface area (Å²) < 4.78 is 5.37. The van der Waals surface area contributed by atoms with Crippen LogP contribution in [0.15, 0.2) is 29.0 Å². The van der Waals surface area contributed by atoms with Crippen molar-refractivity contribution in [3.63, 3.8) is 0 Å². The molecule has 0 radical (unpaired) electrons. The number of benzene rings is 1. The minimum Gasteiger partial charge on any atom is -0.496 e. The smallest absolute Gasteiger partial charge is 0.123 e. The Kier molecular flexibility index (Phi) is 4.13. The second-order valence-electron chi connectivity index (χ2n) is 3.76. The van der Waals surface area contributed by atoms with Crippen LogP contribution in [-0.4, -0.2) is 7.11 Å². The van der Waals surface area contributed by atoms with Crippen molar-refractivity contribution in [1.29, 1.82) is 0 Å². The molecule has 90 valence electrons. The van der Waals surface area contributed by atoms with E-state index in [1.807, 2.05) is 18.2 Å². The standard InChI is InChI=1S/C13H12BrClOS/c1-8-6-17-7-11(8)13(14)10-5-9(15)3-4-12(10)16-2/h3-7,13H,1-2H3. The van der Waals surface area contributed by atoms with E-state index in [0.29, 0.717) is 0 Å². The van der Waals surface area contributed by atoms with Crippen molar-refractivity contribution in [1.82, 2.24) is 0 Å². The Balaban J connectivity index is 2.46. The summed E-state index contributed by atoms with van der Waals surface area (Å²) in [5.74, 6) is 0.849. The van der Waals surface area contributed by atoms with Gasteiger partial charge in [0.15, 0.2) is 0 Å². The van der Waals surface area contributed by atoms with E-state index in [4.69, 9.17) is 16.3 Å². The minimum atomic E-state index is 0.113. The fourth-order valence-electron chi connectivity index (χ4n) is 1.70. The molecule has 4 heteroatoms. The van der Waals surface area contributed by atoms with Crippen molar-refractivity contribution in [2.75, 3.05) is 7.11 Å². The Morgan fingerprint density at radius 1 is 1.29 bits per heavy atom. The van der Waals surface area contributed by atoms with Gasteiger partial charge in [-0.05, 0) is 47.0 Å². The Morgan fingerprint density at radius 2 is 2.06 bits per heavy atom. The molecular weight excluding hydrogens is 320 g/mol. The lowest BCUT2D eigenvalue weighted by Gasteiger charge is -2.14. The van der Waals surface area contributed by atoms with E-state index in [9.17, 15) is 0 Å². The van der Waals surface area contributed by atoms with Crippen molar-refractivity contribution in [3.05, 3.63) is 50.7 Å². The second kappa shape index (κ2) is 5.42. The molecule has 1 unspecified atom stereocenters. The summed E-state index contributed by atoms with van der Waals surface area (Å²) >= 11 is 11.5. The third kappa shape index (κ3) is 2.67. The predicted octanol–water partition coefficient (Wildman–Crippen LogP) is 5.20. The molecule has 0 amide bonds. The van der Waals surface area contributed by atoms with Gasteiger partial charge in [-0.3, -0.25) is 0 Å². The van der Waals surface area contributed by atoms with Crippen molar-refractivity contribution < 1.29 is 4.74 Å². The highest BCUT2D eigenvalue weighted by Crippen LogP contribution is 2.40. The van der Waals surface area contributed by atoms with Crippen LogP contribution < -0.4 is 4.74 Å². The molecule has 1 aromatic heterocycles. The van der Waals surface area contributed by atoms with E-state index >= 15 is 0 Å². The van der Waals surface area contributed by atoms with Crippen LogP contribution >= 0.6 is 38.9 Å². The van der Waals surface area contributed by atoms with Gasteiger partial charge in [-0.25, -0.2) is 0 Å². The molecule has 0 bridgehead atoms. The fraction of sp³-hybridized carbons (Fsp3) is 0.231. The average molecular weight is 332 g/mol. The van der Waals surface area contributed by atoms with Crippen molar-refractivity contribution in [3.8, 4) is 5.75 Å². The van der Waals surface area contributed by atoms with Crippen LogP contribution in [0.2, 0.25) is 5.02 Å². The number of alkyl halides is 1. The molecule has 0 aliphatic rings. The summed E-state index contributed by atoms with van der Waals surface area (Å²) in [7, 11) is 1.67. The largest absolute Gasteiger partial charge is 0.496 e. The molecule has 2 rings (SSSR count). The molecule has 0 aliphatic heterocycles. The van der Waals surface area contributed by atoms with Crippen molar-refractivity contribution >= 4 is 38.9 Å². The molecule has 17 heavy (non-hydrogen) atoms. The zero-order chi connectivity index (χ0) is 12.4. The summed E-state index contributed by atoms with van der Waals surface area (Å²) in [6.45, 7) is 2.11. The van der Waals surface area contributed by atoms with Gasteiger partial charge in [0, 0.05) is 10.6 Å². The lowest BCUT2D eigenvalue weighted by atomic mass is 10.0. The van der Waals surface area contributed by atoms with Crippen molar-refractivity contribution in [2.24, 2.45) is 0 Å². The van der Waals surface area contributed by atoms with E-state index in [1.165, 1.54) is 11.1 Å². The fourth-order valence-corrected chi connectivity index (χ4v) is 3.78. The van der Waals surface area contributed by atoms with E-state index in [0.717, 1.165) is 16.3 Å². The molecule has 1 aromatic carbocycles. The monoisotopic (exact) mass is 330 g/mol. The van der Waals surface area contributed by atoms with Crippen LogP contribution in [0.3, 0.4) is 0 Å². The van der Waals surface area contributed by atoms with Crippen LogP contribution in [0.5, 0.6) is 5.75 Å². The van der Waals surface area contributed by atoms with E-state index in [1.54, 1.807) is 18.4 Å². The van der Waals surface area contributed by atoms with E-state index in [-0.39, 0.29) is 4.83 Å². The second-order valence-corrected chi connectivity index (χ2v) is 5.85. The summed E-state index contributed by atoms with van der Waals surface area (Å²) in [5.41, 5.74) is 3.59. The van der Waals surface area contributed by atoms with Gasteiger partial charge in [-0.1, -0.05) is 27.5 Å². The van der Waals surface area contributed by atoms with Gasteiger partial charge in [0.25, 0.3) is 0 Å². The SMILES string of the molecule is COc1ccc(Cl)cc1C(Br)c1cscc1C. The highest BCUT2D eigenvalue weighted by molar-refractivity contribution is 9.09. The first kappa shape index (κ1) is 12.9. The number of hydrogen-bond acceptors (Lipinski definition) is 2. The zero-order valence-electron chi connectivity index (χ0n) is 9.54. The molecule has 2 aromatic rings. The lowest BCUT2D eigenvalue weighted by molar-refractivity contribution is 0.410. The third-order valence-corrected chi connectivity index (χ3v) is 4.73. The molecule has 0 spiro atoms. The number of rotatable bonds is 3. The number of ether oxygens (including phenoxy) is 1.